The van der Waals surface area contributed by atoms with Crippen molar-refractivity contribution in [1.82, 2.24) is 5.32 Å². The largest absolute Gasteiger partial charge is 0.461 e. The Labute approximate surface area is 89.9 Å². The summed E-state index contributed by atoms with van der Waals surface area (Å²) in [5, 5.41) is 3.15. The van der Waals surface area contributed by atoms with Gasteiger partial charge in [-0.25, -0.2) is 0 Å². The van der Waals surface area contributed by atoms with Crippen molar-refractivity contribution in [3.05, 3.63) is 47.7 Å². The minimum Gasteiger partial charge on any atom is -0.461 e. The Morgan fingerprint density at radius 1 is 1.20 bits per heavy atom. The molecule has 1 aromatic carbocycles. The predicted molar refractivity (Wildman–Crippen MR) is 61.6 cm³/mol. The van der Waals surface area contributed by atoms with Crippen molar-refractivity contribution in [3.8, 4) is 11.3 Å². The first-order chi connectivity index (χ1) is 7.31. The zero-order chi connectivity index (χ0) is 10.7. The van der Waals surface area contributed by atoms with Crippen molar-refractivity contribution in [2.24, 2.45) is 0 Å². The molecule has 0 spiro atoms. The van der Waals surface area contributed by atoms with Crippen LogP contribution in [0.5, 0.6) is 0 Å². The van der Waals surface area contributed by atoms with Gasteiger partial charge in [-0.2, -0.15) is 0 Å². The number of hydrogen-bond donors (Lipinski definition) is 1. The second kappa shape index (κ2) is 4.32. The van der Waals surface area contributed by atoms with Gasteiger partial charge >= 0.3 is 0 Å². The van der Waals surface area contributed by atoms with Crippen LogP contribution in [0.15, 0.2) is 40.8 Å². The number of nitrogens with one attached hydrogen (secondary N) is 1. The molecule has 2 heteroatoms. The molecule has 2 nitrogen and oxygen atoms in total. The summed E-state index contributed by atoms with van der Waals surface area (Å²) in [5.74, 6) is 1.93. The van der Waals surface area contributed by atoms with E-state index in [0.717, 1.165) is 23.6 Å². The molecule has 0 saturated carbocycles. The summed E-state index contributed by atoms with van der Waals surface area (Å²) in [5.41, 5.74) is 2.34. The van der Waals surface area contributed by atoms with Crippen LogP contribution in [-0.2, 0) is 6.54 Å². The van der Waals surface area contributed by atoms with Gasteiger partial charge in [-0.05, 0) is 20.0 Å². The van der Waals surface area contributed by atoms with Crippen LogP contribution in [0.4, 0.5) is 0 Å². The van der Waals surface area contributed by atoms with E-state index in [1.807, 2.05) is 32.2 Å². The highest BCUT2D eigenvalue weighted by molar-refractivity contribution is 5.61. The zero-order valence-corrected chi connectivity index (χ0v) is 9.08. The smallest absolute Gasteiger partial charge is 0.138 e. The van der Waals surface area contributed by atoms with Gasteiger partial charge in [0.1, 0.15) is 11.5 Å². The number of aryl methyl sites for hydroxylation is 1. The topological polar surface area (TPSA) is 25.2 Å². The van der Waals surface area contributed by atoms with Gasteiger partial charge in [-0.3, -0.25) is 0 Å². The molecule has 1 N–H and O–H groups in total. The Morgan fingerprint density at radius 3 is 2.60 bits per heavy atom. The summed E-state index contributed by atoms with van der Waals surface area (Å²) < 4.78 is 5.71. The second-order valence-corrected chi connectivity index (χ2v) is 3.61. The first-order valence-electron chi connectivity index (χ1n) is 5.10. The number of furan rings is 1. The molecule has 2 rings (SSSR count). The SMILES string of the molecule is CNCc1cc(C)oc1-c1ccccc1. The number of benzene rings is 1. The Morgan fingerprint density at radius 2 is 1.93 bits per heavy atom. The lowest BCUT2D eigenvalue weighted by molar-refractivity contribution is 0.545. The first-order valence-corrected chi connectivity index (χ1v) is 5.10. The molecule has 0 bridgehead atoms. The first kappa shape index (κ1) is 9.99. The maximum Gasteiger partial charge on any atom is 0.138 e. The highest BCUT2D eigenvalue weighted by atomic mass is 16.3. The fraction of sp³-hybridized carbons (Fsp3) is 0.231. The Bertz CT molecular complexity index is 431. The standard InChI is InChI=1S/C13H15NO/c1-10-8-12(9-14-2)13(15-10)11-6-4-3-5-7-11/h3-8,14H,9H2,1-2H3. The highest BCUT2D eigenvalue weighted by Gasteiger charge is 2.09. The molecule has 0 atom stereocenters. The van der Waals surface area contributed by atoms with Crippen molar-refractivity contribution in [2.75, 3.05) is 7.05 Å². The van der Waals surface area contributed by atoms with Gasteiger partial charge in [0, 0.05) is 17.7 Å². The van der Waals surface area contributed by atoms with Crippen LogP contribution in [0.2, 0.25) is 0 Å². The molecule has 0 aliphatic rings. The fourth-order valence-electron chi connectivity index (χ4n) is 1.72. The van der Waals surface area contributed by atoms with E-state index >= 15 is 0 Å². The molecule has 0 radical (unpaired) electrons. The average molecular weight is 201 g/mol. The summed E-state index contributed by atoms with van der Waals surface area (Å²) in [6.45, 7) is 2.81. The van der Waals surface area contributed by atoms with Crippen LogP contribution in [0.1, 0.15) is 11.3 Å². The van der Waals surface area contributed by atoms with E-state index < -0.39 is 0 Å². The van der Waals surface area contributed by atoms with E-state index in [0.29, 0.717) is 0 Å². The summed E-state index contributed by atoms with van der Waals surface area (Å²) >= 11 is 0. The van der Waals surface area contributed by atoms with Gasteiger partial charge in [0.2, 0.25) is 0 Å². The highest BCUT2D eigenvalue weighted by Crippen LogP contribution is 2.26. The molecule has 1 aromatic heterocycles. The van der Waals surface area contributed by atoms with Gasteiger partial charge in [-0.15, -0.1) is 0 Å². The Balaban J connectivity index is 2.43. The summed E-state index contributed by atoms with van der Waals surface area (Å²) in [7, 11) is 1.94. The van der Waals surface area contributed by atoms with Crippen LogP contribution < -0.4 is 5.32 Å². The van der Waals surface area contributed by atoms with Crippen molar-refractivity contribution >= 4 is 0 Å². The monoisotopic (exact) mass is 201 g/mol. The quantitative estimate of drug-likeness (QED) is 0.825. The lowest BCUT2D eigenvalue weighted by atomic mass is 10.1. The van der Waals surface area contributed by atoms with Crippen molar-refractivity contribution in [1.29, 1.82) is 0 Å². The zero-order valence-electron chi connectivity index (χ0n) is 9.08. The Hall–Kier alpha value is -1.54. The molecule has 0 aliphatic heterocycles. The molecular formula is C13H15NO. The fourth-order valence-corrected chi connectivity index (χ4v) is 1.72. The molecule has 0 amide bonds. The van der Waals surface area contributed by atoms with E-state index in [-0.39, 0.29) is 0 Å². The normalized spacial score (nSPS) is 10.5. The number of hydrogen-bond acceptors (Lipinski definition) is 2. The molecule has 0 fully saturated rings. The minimum absolute atomic E-state index is 0.835. The molecule has 1 heterocycles. The minimum atomic E-state index is 0.835. The van der Waals surface area contributed by atoms with Crippen molar-refractivity contribution < 1.29 is 4.42 Å². The van der Waals surface area contributed by atoms with E-state index in [2.05, 4.69) is 23.5 Å². The summed E-state index contributed by atoms with van der Waals surface area (Å²) in [6, 6.07) is 12.3. The summed E-state index contributed by atoms with van der Waals surface area (Å²) in [4.78, 5) is 0. The van der Waals surface area contributed by atoms with E-state index in [1.54, 1.807) is 0 Å². The lowest BCUT2D eigenvalue weighted by Crippen LogP contribution is -2.04. The second-order valence-electron chi connectivity index (χ2n) is 3.61. The van der Waals surface area contributed by atoms with Gasteiger partial charge in [0.15, 0.2) is 0 Å². The van der Waals surface area contributed by atoms with Gasteiger partial charge in [0.25, 0.3) is 0 Å². The molecule has 0 unspecified atom stereocenters. The molecule has 2 aromatic rings. The third kappa shape index (κ3) is 2.10. The van der Waals surface area contributed by atoms with E-state index in [1.165, 1.54) is 5.56 Å². The van der Waals surface area contributed by atoms with Crippen LogP contribution in [0.3, 0.4) is 0 Å². The maximum absolute atomic E-state index is 5.71. The van der Waals surface area contributed by atoms with Crippen molar-refractivity contribution in [2.45, 2.75) is 13.5 Å². The third-order valence-electron chi connectivity index (χ3n) is 2.34. The van der Waals surface area contributed by atoms with Crippen LogP contribution in [0.25, 0.3) is 11.3 Å². The molecule has 78 valence electrons. The van der Waals surface area contributed by atoms with Crippen LogP contribution >= 0.6 is 0 Å². The van der Waals surface area contributed by atoms with Crippen molar-refractivity contribution in [3.63, 3.8) is 0 Å². The summed E-state index contributed by atoms with van der Waals surface area (Å²) in [6.07, 6.45) is 0. The average Bonchev–Trinajstić information content (AvgIpc) is 2.62. The molecule has 0 aliphatic carbocycles. The molecular weight excluding hydrogens is 186 g/mol. The van der Waals surface area contributed by atoms with Crippen LogP contribution in [-0.4, -0.2) is 7.05 Å². The Kier molecular flexibility index (Phi) is 2.88. The maximum atomic E-state index is 5.71. The van der Waals surface area contributed by atoms with Gasteiger partial charge in [0.05, 0.1) is 0 Å². The number of rotatable bonds is 3. The predicted octanol–water partition coefficient (Wildman–Crippen LogP) is 2.97. The van der Waals surface area contributed by atoms with Gasteiger partial charge < -0.3 is 9.73 Å². The molecule has 0 saturated heterocycles. The van der Waals surface area contributed by atoms with E-state index in [9.17, 15) is 0 Å². The lowest BCUT2D eigenvalue weighted by Gasteiger charge is -2.01. The van der Waals surface area contributed by atoms with Gasteiger partial charge in [-0.1, -0.05) is 30.3 Å². The van der Waals surface area contributed by atoms with Crippen LogP contribution in [0, 0.1) is 6.92 Å². The molecule has 15 heavy (non-hydrogen) atoms. The van der Waals surface area contributed by atoms with E-state index in [4.69, 9.17) is 4.42 Å². The third-order valence-corrected chi connectivity index (χ3v) is 2.34.